The number of carbonyl (C=O) groups is 2. The lowest BCUT2D eigenvalue weighted by atomic mass is 9.77. The maximum absolute atomic E-state index is 13.9. The molecule has 23 heavy (non-hydrogen) atoms. The van der Waals surface area contributed by atoms with Crippen LogP contribution in [0.5, 0.6) is 0 Å². The number of fused-ring (bicyclic) bond motifs is 1. The van der Waals surface area contributed by atoms with Crippen LogP contribution in [0, 0.1) is 17.7 Å². The van der Waals surface area contributed by atoms with Gasteiger partial charge in [-0.05, 0) is 12.1 Å². The average Bonchev–Trinajstić information content (AvgIpc) is 3.12. The fourth-order valence-electron chi connectivity index (χ4n) is 3.86. The number of likely N-dealkylation sites (tertiary alicyclic amines) is 1. The number of nitrogens with zero attached hydrogens (tertiary/aromatic N) is 1. The van der Waals surface area contributed by atoms with Gasteiger partial charge in [0.1, 0.15) is 11.4 Å². The molecule has 0 saturated carbocycles. The molecule has 0 aliphatic carbocycles. The van der Waals surface area contributed by atoms with E-state index in [2.05, 4.69) is 0 Å². The van der Waals surface area contributed by atoms with Crippen molar-refractivity contribution in [2.75, 3.05) is 6.54 Å². The zero-order valence-corrected chi connectivity index (χ0v) is 12.6. The van der Waals surface area contributed by atoms with Crippen molar-refractivity contribution in [2.45, 2.75) is 18.2 Å². The minimum absolute atomic E-state index is 0.0236. The Kier molecular flexibility index (Phi) is 3.05. The molecule has 2 fully saturated rings. The third-order valence-electron chi connectivity index (χ3n) is 4.86. The van der Waals surface area contributed by atoms with Crippen molar-refractivity contribution in [3.8, 4) is 0 Å². The number of halogens is 2. The zero-order valence-electron chi connectivity index (χ0n) is 11.9. The summed E-state index contributed by atoms with van der Waals surface area (Å²) >= 11 is 6.00. The maximum atomic E-state index is 13.9. The molecule has 5 nitrogen and oxygen atoms in total. The first-order chi connectivity index (χ1) is 10.9. The molecule has 7 heteroatoms. The van der Waals surface area contributed by atoms with Crippen LogP contribution in [-0.4, -0.2) is 35.0 Å². The fraction of sp³-hybridized carbons (Fsp3) is 0.375. The van der Waals surface area contributed by atoms with Gasteiger partial charge >= 0.3 is 0 Å². The number of ether oxygens (including phenoxy) is 1. The molecule has 3 aliphatic heterocycles. The van der Waals surface area contributed by atoms with Crippen LogP contribution in [0.3, 0.4) is 0 Å². The second-order valence-corrected chi connectivity index (χ2v) is 6.52. The number of amides is 1. The number of aliphatic carboxylic acids is 1. The molecule has 0 aromatic heterocycles. The van der Waals surface area contributed by atoms with Crippen molar-refractivity contribution in [1.82, 2.24) is 4.90 Å². The Morgan fingerprint density at radius 3 is 3.00 bits per heavy atom. The molecule has 0 unspecified atom stereocenters. The summed E-state index contributed by atoms with van der Waals surface area (Å²) in [6.45, 7) is 0.155. The van der Waals surface area contributed by atoms with Crippen molar-refractivity contribution in [2.24, 2.45) is 11.8 Å². The first kappa shape index (κ1) is 14.7. The van der Waals surface area contributed by atoms with Gasteiger partial charge in [-0.3, -0.25) is 4.79 Å². The van der Waals surface area contributed by atoms with E-state index in [1.807, 2.05) is 0 Å². The van der Waals surface area contributed by atoms with Crippen LogP contribution in [0.4, 0.5) is 4.39 Å². The minimum Gasteiger partial charge on any atom is -0.550 e. The van der Waals surface area contributed by atoms with Crippen molar-refractivity contribution >= 4 is 23.5 Å². The quantitative estimate of drug-likeness (QED) is 0.754. The van der Waals surface area contributed by atoms with Gasteiger partial charge in [-0.2, -0.15) is 0 Å². The predicted octanol–water partition coefficient (Wildman–Crippen LogP) is 0.511. The molecule has 0 N–H and O–H groups in total. The van der Waals surface area contributed by atoms with E-state index in [4.69, 9.17) is 16.3 Å². The molecule has 4 atom stereocenters. The van der Waals surface area contributed by atoms with E-state index in [-0.39, 0.29) is 29.6 Å². The highest BCUT2D eigenvalue weighted by Gasteiger charge is 2.65. The lowest BCUT2D eigenvalue weighted by Crippen LogP contribution is -2.45. The van der Waals surface area contributed by atoms with E-state index in [1.165, 1.54) is 17.0 Å². The molecule has 1 aromatic rings. The molecule has 120 valence electrons. The SMILES string of the molecule is O=C([O-])[C@H]1[C@H]2C=C[C@]3(CN(Cc4c(F)cccc4Cl)C(=O)[C@@H]13)O2. The van der Waals surface area contributed by atoms with Gasteiger partial charge < -0.3 is 19.5 Å². The molecule has 2 bridgehead atoms. The molecule has 4 rings (SSSR count). The highest BCUT2D eigenvalue weighted by Crippen LogP contribution is 2.51. The summed E-state index contributed by atoms with van der Waals surface area (Å²) in [7, 11) is 0. The maximum Gasteiger partial charge on any atom is 0.230 e. The van der Waals surface area contributed by atoms with Crippen LogP contribution in [0.2, 0.25) is 5.02 Å². The van der Waals surface area contributed by atoms with Crippen LogP contribution >= 0.6 is 11.6 Å². The normalized spacial score (nSPS) is 34.3. The zero-order chi connectivity index (χ0) is 16.4. The van der Waals surface area contributed by atoms with Crippen LogP contribution in [0.15, 0.2) is 30.4 Å². The summed E-state index contributed by atoms with van der Waals surface area (Å²) in [5.41, 5.74) is -0.744. The van der Waals surface area contributed by atoms with Gasteiger partial charge in [-0.25, -0.2) is 4.39 Å². The summed E-state index contributed by atoms with van der Waals surface area (Å²) in [5.74, 6) is -4.01. The Bertz CT molecular complexity index is 731. The number of carboxylic acid groups (broad SMARTS) is 1. The summed E-state index contributed by atoms with van der Waals surface area (Å²) in [4.78, 5) is 25.4. The molecule has 3 aliphatic rings. The molecular formula is C16H12ClFNO4-. The largest absolute Gasteiger partial charge is 0.550 e. The topological polar surface area (TPSA) is 69.7 Å². The summed E-state index contributed by atoms with van der Waals surface area (Å²) in [6, 6.07) is 4.30. The Labute approximate surface area is 136 Å². The molecule has 3 heterocycles. The molecule has 2 saturated heterocycles. The molecule has 1 amide bonds. The number of hydrogen-bond donors (Lipinski definition) is 0. The average molecular weight is 337 g/mol. The van der Waals surface area contributed by atoms with Crippen molar-refractivity contribution in [3.05, 3.63) is 46.8 Å². The van der Waals surface area contributed by atoms with Crippen LogP contribution in [0.25, 0.3) is 0 Å². The van der Waals surface area contributed by atoms with Gasteiger partial charge in [0.2, 0.25) is 5.91 Å². The van der Waals surface area contributed by atoms with Gasteiger partial charge in [-0.1, -0.05) is 29.8 Å². The standard InChI is InChI=1S/C16H13ClFNO4/c17-9-2-1-3-10(18)8(9)6-19-7-16-5-4-11(23-16)12(15(21)22)13(16)14(19)20/h1-5,11-13H,6-7H2,(H,21,22)/p-1/t11-,12+,13-,16-/m1/s1. The second-order valence-electron chi connectivity index (χ2n) is 6.11. The number of carboxylic acids is 1. The van der Waals surface area contributed by atoms with Crippen molar-refractivity contribution < 1.29 is 23.8 Å². The Hall–Kier alpha value is -1.92. The van der Waals surface area contributed by atoms with E-state index in [9.17, 15) is 19.1 Å². The Morgan fingerprint density at radius 2 is 2.30 bits per heavy atom. The van der Waals surface area contributed by atoms with Gasteiger partial charge in [0.15, 0.2) is 0 Å². The van der Waals surface area contributed by atoms with Gasteiger partial charge in [0, 0.05) is 22.5 Å². The third kappa shape index (κ3) is 1.95. The van der Waals surface area contributed by atoms with Crippen LogP contribution in [-0.2, 0) is 20.9 Å². The fourth-order valence-corrected chi connectivity index (χ4v) is 4.08. The van der Waals surface area contributed by atoms with Gasteiger partial charge in [0.25, 0.3) is 0 Å². The summed E-state index contributed by atoms with van der Waals surface area (Å²) < 4.78 is 19.7. The Morgan fingerprint density at radius 1 is 1.52 bits per heavy atom. The highest BCUT2D eigenvalue weighted by molar-refractivity contribution is 6.31. The summed E-state index contributed by atoms with van der Waals surface area (Å²) in [5, 5.41) is 11.6. The molecule has 0 radical (unpaired) electrons. The summed E-state index contributed by atoms with van der Waals surface area (Å²) in [6.07, 6.45) is 2.76. The monoisotopic (exact) mass is 336 g/mol. The van der Waals surface area contributed by atoms with E-state index >= 15 is 0 Å². The number of benzene rings is 1. The van der Waals surface area contributed by atoms with Crippen LogP contribution < -0.4 is 5.11 Å². The number of rotatable bonds is 3. The second kappa shape index (κ2) is 4.79. The first-order valence-corrected chi connectivity index (χ1v) is 7.60. The van der Waals surface area contributed by atoms with E-state index in [0.29, 0.717) is 0 Å². The lowest BCUT2D eigenvalue weighted by Gasteiger charge is -2.24. The number of hydrogen-bond acceptors (Lipinski definition) is 4. The lowest BCUT2D eigenvalue weighted by molar-refractivity contribution is -0.313. The van der Waals surface area contributed by atoms with E-state index < -0.39 is 35.3 Å². The smallest absolute Gasteiger partial charge is 0.230 e. The molecular weight excluding hydrogens is 325 g/mol. The van der Waals surface area contributed by atoms with E-state index in [1.54, 1.807) is 18.2 Å². The number of carbonyl (C=O) groups excluding carboxylic acids is 2. The highest BCUT2D eigenvalue weighted by atomic mass is 35.5. The van der Waals surface area contributed by atoms with Crippen molar-refractivity contribution in [3.63, 3.8) is 0 Å². The first-order valence-electron chi connectivity index (χ1n) is 7.23. The molecule has 1 spiro atoms. The predicted molar refractivity (Wildman–Crippen MR) is 75.6 cm³/mol. The Balaban J connectivity index is 1.66. The van der Waals surface area contributed by atoms with Crippen molar-refractivity contribution in [1.29, 1.82) is 0 Å². The third-order valence-corrected chi connectivity index (χ3v) is 5.22. The van der Waals surface area contributed by atoms with E-state index in [0.717, 1.165) is 0 Å². The van der Waals surface area contributed by atoms with Crippen LogP contribution in [0.1, 0.15) is 5.56 Å². The van der Waals surface area contributed by atoms with Gasteiger partial charge in [-0.15, -0.1) is 0 Å². The molecule has 1 aromatic carbocycles. The van der Waals surface area contributed by atoms with Gasteiger partial charge in [0.05, 0.1) is 25.1 Å². The minimum atomic E-state index is -1.30.